The van der Waals surface area contributed by atoms with Crippen LogP contribution in [0.5, 0.6) is 5.75 Å². The molecule has 0 radical (unpaired) electrons. The van der Waals surface area contributed by atoms with E-state index in [4.69, 9.17) is 4.74 Å². The predicted octanol–water partition coefficient (Wildman–Crippen LogP) is 2.79. The second kappa shape index (κ2) is 5.65. The van der Waals surface area contributed by atoms with Crippen molar-refractivity contribution in [2.24, 2.45) is 0 Å². The Morgan fingerprint density at radius 3 is 2.79 bits per heavy atom. The molecule has 0 bridgehead atoms. The molecular formula is C16H17NO2. The summed E-state index contributed by atoms with van der Waals surface area (Å²) >= 11 is 0. The molecule has 1 heterocycles. The van der Waals surface area contributed by atoms with Gasteiger partial charge in [-0.15, -0.1) is 0 Å². The van der Waals surface area contributed by atoms with Crippen LogP contribution in [0.15, 0.2) is 48.8 Å². The van der Waals surface area contributed by atoms with E-state index in [0.717, 1.165) is 23.2 Å². The largest absolute Gasteiger partial charge is 0.497 e. The zero-order chi connectivity index (χ0) is 13.7. The van der Waals surface area contributed by atoms with Gasteiger partial charge >= 0.3 is 0 Å². The molecule has 3 heteroatoms. The van der Waals surface area contributed by atoms with Crippen molar-refractivity contribution >= 4 is 6.29 Å². The highest BCUT2D eigenvalue weighted by Gasteiger charge is 2.27. The van der Waals surface area contributed by atoms with Crippen molar-refractivity contribution in [1.82, 2.24) is 4.98 Å². The molecule has 98 valence electrons. The number of pyridine rings is 1. The van der Waals surface area contributed by atoms with Gasteiger partial charge in [0.25, 0.3) is 0 Å². The molecule has 0 fully saturated rings. The number of benzene rings is 1. The first-order valence-corrected chi connectivity index (χ1v) is 6.18. The highest BCUT2D eigenvalue weighted by Crippen LogP contribution is 2.28. The van der Waals surface area contributed by atoms with Crippen LogP contribution in [0.3, 0.4) is 0 Å². The lowest BCUT2D eigenvalue weighted by atomic mass is 9.79. The highest BCUT2D eigenvalue weighted by atomic mass is 16.5. The normalized spacial score (nSPS) is 13.6. The number of methoxy groups -OCH3 is 1. The second-order valence-corrected chi connectivity index (χ2v) is 4.81. The molecule has 1 atom stereocenters. The van der Waals surface area contributed by atoms with E-state index >= 15 is 0 Å². The van der Waals surface area contributed by atoms with Crippen LogP contribution in [-0.4, -0.2) is 18.4 Å². The van der Waals surface area contributed by atoms with Crippen molar-refractivity contribution in [3.63, 3.8) is 0 Å². The maximum absolute atomic E-state index is 11.6. The fraction of sp³-hybridized carbons (Fsp3) is 0.250. The lowest BCUT2D eigenvalue weighted by Gasteiger charge is -2.24. The fourth-order valence-corrected chi connectivity index (χ4v) is 2.12. The Labute approximate surface area is 113 Å². The van der Waals surface area contributed by atoms with Gasteiger partial charge in [-0.3, -0.25) is 4.98 Å². The van der Waals surface area contributed by atoms with Crippen LogP contribution in [0.2, 0.25) is 0 Å². The quantitative estimate of drug-likeness (QED) is 0.771. The summed E-state index contributed by atoms with van der Waals surface area (Å²) < 4.78 is 5.22. The standard InChI is InChI=1S/C16H17NO2/c1-16(12-18,10-13-5-4-8-17-11-13)14-6-3-7-15(9-14)19-2/h3-9,11-12H,10H2,1-2H3. The minimum absolute atomic E-state index is 0.572. The molecule has 1 unspecified atom stereocenters. The third kappa shape index (κ3) is 2.99. The summed E-state index contributed by atoms with van der Waals surface area (Å²) in [6.07, 6.45) is 5.14. The van der Waals surface area contributed by atoms with E-state index in [1.807, 2.05) is 43.3 Å². The molecule has 2 aromatic rings. The van der Waals surface area contributed by atoms with E-state index in [-0.39, 0.29) is 0 Å². The van der Waals surface area contributed by atoms with Gasteiger partial charge in [0.2, 0.25) is 0 Å². The summed E-state index contributed by atoms with van der Waals surface area (Å²) in [6.45, 7) is 1.93. The number of ether oxygens (including phenoxy) is 1. The first kappa shape index (κ1) is 13.3. The van der Waals surface area contributed by atoms with E-state index in [1.165, 1.54) is 0 Å². The van der Waals surface area contributed by atoms with Gasteiger partial charge in [0.1, 0.15) is 12.0 Å². The van der Waals surface area contributed by atoms with Gasteiger partial charge in [0.15, 0.2) is 0 Å². The average molecular weight is 255 g/mol. The van der Waals surface area contributed by atoms with Crippen LogP contribution in [-0.2, 0) is 16.6 Å². The molecule has 1 aromatic carbocycles. The van der Waals surface area contributed by atoms with Crippen molar-refractivity contribution in [2.45, 2.75) is 18.8 Å². The number of hydrogen-bond donors (Lipinski definition) is 0. The number of rotatable bonds is 5. The van der Waals surface area contributed by atoms with Crippen molar-refractivity contribution < 1.29 is 9.53 Å². The molecule has 3 nitrogen and oxygen atoms in total. The molecular weight excluding hydrogens is 238 g/mol. The van der Waals surface area contributed by atoms with Crippen LogP contribution < -0.4 is 4.74 Å². The van der Waals surface area contributed by atoms with Gasteiger partial charge in [-0.2, -0.15) is 0 Å². The van der Waals surface area contributed by atoms with Crippen LogP contribution >= 0.6 is 0 Å². The van der Waals surface area contributed by atoms with Gasteiger partial charge < -0.3 is 9.53 Å². The molecule has 2 rings (SSSR count). The van der Waals surface area contributed by atoms with Gasteiger partial charge in [0.05, 0.1) is 12.5 Å². The summed E-state index contributed by atoms with van der Waals surface area (Å²) in [6, 6.07) is 11.5. The highest BCUT2D eigenvalue weighted by molar-refractivity contribution is 5.69. The van der Waals surface area contributed by atoms with Crippen molar-refractivity contribution in [3.05, 3.63) is 59.9 Å². The number of aldehydes is 1. The minimum Gasteiger partial charge on any atom is -0.497 e. The number of nitrogens with zero attached hydrogens (tertiary/aromatic N) is 1. The van der Waals surface area contributed by atoms with E-state index in [0.29, 0.717) is 6.42 Å². The monoisotopic (exact) mass is 255 g/mol. The van der Waals surface area contributed by atoms with Crippen LogP contribution in [0, 0.1) is 0 Å². The molecule has 0 aliphatic carbocycles. The molecule has 0 spiro atoms. The zero-order valence-corrected chi connectivity index (χ0v) is 11.2. The maximum Gasteiger partial charge on any atom is 0.130 e. The molecule has 1 aromatic heterocycles. The van der Waals surface area contributed by atoms with E-state index in [1.54, 1.807) is 19.5 Å². The third-order valence-corrected chi connectivity index (χ3v) is 3.28. The zero-order valence-electron chi connectivity index (χ0n) is 11.2. The van der Waals surface area contributed by atoms with Crippen LogP contribution in [0.25, 0.3) is 0 Å². The Hall–Kier alpha value is -2.16. The van der Waals surface area contributed by atoms with Gasteiger partial charge in [-0.05, 0) is 42.7 Å². The summed E-state index contributed by atoms with van der Waals surface area (Å²) in [5, 5.41) is 0. The topological polar surface area (TPSA) is 39.2 Å². The molecule has 0 N–H and O–H groups in total. The molecule has 0 saturated carbocycles. The Morgan fingerprint density at radius 1 is 1.32 bits per heavy atom. The van der Waals surface area contributed by atoms with E-state index in [9.17, 15) is 4.79 Å². The van der Waals surface area contributed by atoms with E-state index < -0.39 is 5.41 Å². The number of carbonyl (C=O) groups is 1. The van der Waals surface area contributed by atoms with Gasteiger partial charge in [0, 0.05) is 12.4 Å². The minimum atomic E-state index is -0.572. The Morgan fingerprint density at radius 2 is 2.16 bits per heavy atom. The first-order chi connectivity index (χ1) is 9.18. The first-order valence-electron chi connectivity index (χ1n) is 6.18. The van der Waals surface area contributed by atoms with E-state index in [2.05, 4.69) is 4.98 Å². The summed E-state index contributed by atoms with van der Waals surface area (Å²) in [7, 11) is 1.62. The molecule has 19 heavy (non-hydrogen) atoms. The average Bonchev–Trinajstić information content (AvgIpc) is 2.48. The van der Waals surface area contributed by atoms with Crippen LogP contribution in [0.4, 0.5) is 0 Å². The van der Waals surface area contributed by atoms with Crippen molar-refractivity contribution in [1.29, 1.82) is 0 Å². The summed E-state index contributed by atoms with van der Waals surface area (Å²) in [5.41, 5.74) is 1.42. The lowest BCUT2D eigenvalue weighted by molar-refractivity contribution is -0.112. The van der Waals surface area contributed by atoms with Crippen molar-refractivity contribution in [3.8, 4) is 5.75 Å². The fourth-order valence-electron chi connectivity index (χ4n) is 2.12. The van der Waals surface area contributed by atoms with Gasteiger partial charge in [-0.25, -0.2) is 0 Å². The van der Waals surface area contributed by atoms with Crippen LogP contribution in [0.1, 0.15) is 18.1 Å². The number of hydrogen-bond acceptors (Lipinski definition) is 3. The molecule has 0 aliphatic rings. The Bertz CT molecular complexity index is 554. The lowest BCUT2D eigenvalue weighted by Crippen LogP contribution is -2.26. The number of aromatic nitrogens is 1. The Kier molecular flexibility index (Phi) is 3.95. The third-order valence-electron chi connectivity index (χ3n) is 3.28. The SMILES string of the molecule is COc1cccc(C(C)(C=O)Cc2cccnc2)c1. The van der Waals surface area contributed by atoms with Gasteiger partial charge in [-0.1, -0.05) is 18.2 Å². The maximum atomic E-state index is 11.6. The Balaban J connectivity index is 2.33. The second-order valence-electron chi connectivity index (χ2n) is 4.81. The smallest absolute Gasteiger partial charge is 0.130 e. The molecule has 0 amide bonds. The van der Waals surface area contributed by atoms with Crippen molar-refractivity contribution in [2.75, 3.05) is 7.11 Å². The molecule has 0 saturated heterocycles. The summed E-state index contributed by atoms with van der Waals surface area (Å²) in [4.78, 5) is 15.7. The molecule has 0 aliphatic heterocycles. The summed E-state index contributed by atoms with van der Waals surface area (Å²) in [5.74, 6) is 0.761. The predicted molar refractivity (Wildman–Crippen MR) is 74.4 cm³/mol. The number of carbonyl (C=O) groups excluding carboxylic acids is 1.